The minimum Gasteiger partial charge on any atom is -0.393 e. The third kappa shape index (κ3) is 5.76. The molecule has 136 valence electrons. The zero-order chi connectivity index (χ0) is 17.4. The molecular weight excluding hydrogens is 310 g/mol. The number of nitrogens with zero attached hydrogens (tertiary/aromatic N) is 3. The maximum Gasteiger partial charge on any atom is 0.248 e. The highest BCUT2D eigenvalue weighted by molar-refractivity contribution is 5.80. The number of guanidine groups is 1. The molecule has 1 fully saturated rings. The Hall–Kier alpha value is -1.67. The molecule has 1 saturated carbocycles. The van der Waals surface area contributed by atoms with Gasteiger partial charge in [0, 0.05) is 19.2 Å². The first kappa shape index (κ1) is 18.7. The summed E-state index contributed by atoms with van der Waals surface area (Å²) in [7, 11) is 0. The molecule has 8 nitrogen and oxygen atoms in total. The van der Waals surface area contributed by atoms with E-state index < -0.39 is 0 Å². The highest BCUT2D eigenvalue weighted by atomic mass is 16.5. The SMILES string of the molecule is CCNC(=NCc1nc(C(C)OCC)no1)NC1CCC(O)CC1. The van der Waals surface area contributed by atoms with Gasteiger partial charge in [0.1, 0.15) is 12.6 Å². The molecule has 3 N–H and O–H groups in total. The lowest BCUT2D eigenvalue weighted by atomic mass is 9.93. The van der Waals surface area contributed by atoms with Gasteiger partial charge < -0.3 is 25.0 Å². The van der Waals surface area contributed by atoms with E-state index in [1.54, 1.807) is 0 Å². The first-order chi connectivity index (χ1) is 11.6. The van der Waals surface area contributed by atoms with Crippen molar-refractivity contribution < 1.29 is 14.4 Å². The molecule has 1 unspecified atom stereocenters. The Labute approximate surface area is 143 Å². The van der Waals surface area contributed by atoms with E-state index in [0.29, 0.717) is 30.9 Å². The third-order valence-electron chi connectivity index (χ3n) is 4.02. The standard InChI is InChI=1S/C16H29N5O3/c1-4-17-16(19-12-6-8-13(22)9-7-12)18-10-14-20-15(21-24-14)11(3)23-5-2/h11-13,22H,4-10H2,1-3H3,(H2,17,18,19). The van der Waals surface area contributed by atoms with Crippen molar-refractivity contribution in [2.24, 2.45) is 4.99 Å². The van der Waals surface area contributed by atoms with Gasteiger partial charge >= 0.3 is 0 Å². The number of rotatable bonds is 7. The van der Waals surface area contributed by atoms with Gasteiger partial charge in [0.25, 0.3) is 0 Å². The van der Waals surface area contributed by atoms with E-state index in [9.17, 15) is 5.11 Å². The zero-order valence-corrected chi connectivity index (χ0v) is 14.8. The van der Waals surface area contributed by atoms with Gasteiger partial charge in [0.2, 0.25) is 5.89 Å². The molecule has 1 atom stereocenters. The van der Waals surface area contributed by atoms with Crippen molar-refractivity contribution >= 4 is 5.96 Å². The first-order valence-corrected chi connectivity index (χ1v) is 8.79. The fraction of sp³-hybridized carbons (Fsp3) is 0.812. The zero-order valence-electron chi connectivity index (χ0n) is 14.8. The maximum atomic E-state index is 9.59. The maximum absolute atomic E-state index is 9.59. The Bertz CT molecular complexity index is 512. The van der Waals surface area contributed by atoms with Gasteiger partial charge in [-0.15, -0.1) is 0 Å². The fourth-order valence-corrected chi connectivity index (χ4v) is 2.70. The van der Waals surface area contributed by atoms with Crippen LogP contribution in [0.25, 0.3) is 0 Å². The molecule has 0 amide bonds. The van der Waals surface area contributed by atoms with Crippen LogP contribution in [-0.4, -0.2) is 46.5 Å². The molecule has 1 aliphatic carbocycles. The number of hydrogen-bond acceptors (Lipinski definition) is 6. The molecule has 1 heterocycles. The molecule has 0 aromatic carbocycles. The van der Waals surface area contributed by atoms with Crippen LogP contribution in [-0.2, 0) is 11.3 Å². The Morgan fingerprint density at radius 3 is 2.79 bits per heavy atom. The first-order valence-electron chi connectivity index (χ1n) is 8.79. The normalized spacial score (nSPS) is 23.1. The number of hydrogen-bond donors (Lipinski definition) is 3. The molecule has 1 aliphatic rings. The number of aliphatic hydroxyl groups is 1. The Kier molecular flexibility index (Phi) is 7.45. The van der Waals surface area contributed by atoms with E-state index in [2.05, 4.69) is 25.8 Å². The molecule has 24 heavy (non-hydrogen) atoms. The summed E-state index contributed by atoms with van der Waals surface area (Å²) in [5, 5.41) is 20.2. The minimum absolute atomic E-state index is 0.160. The summed E-state index contributed by atoms with van der Waals surface area (Å²) in [4.78, 5) is 8.83. The number of aliphatic imine (C=N–C) groups is 1. The summed E-state index contributed by atoms with van der Waals surface area (Å²) >= 11 is 0. The topological polar surface area (TPSA) is 105 Å². The van der Waals surface area contributed by atoms with Crippen LogP contribution < -0.4 is 10.6 Å². The molecule has 0 spiro atoms. The average molecular weight is 339 g/mol. The van der Waals surface area contributed by atoms with Crippen LogP contribution in [0.1, 0.15) is 64.3 Å². The molecule has 0 aliphatic heterocycles. The molecule has 0 saturated heterocycles. The number of aliphatic hydroxyl groups excluding tert-OH is 1. The molecule has 1 aromatic heterocycles. The molecule has 0 bridgehead atoms. The summed E-state index contributed by atoms with van der Waals surface area (Å²) < 4.78 is 10.7. The van der Waals surface area contributed by atoms with Gasteiger partial charge in [-0.25, -0.2) is 4.99 Å². The molecule has 0 radical (unpaired) electrons. The van der Waals surface area contributed by atoms with Crippen molar-refractivity contribution in [3.63, 3.8) is 0 Å². The van der Waals surface area contributed by atoms with E-state index in [-0.39, 0.29) is 12.2 Å². The van der Waals surface area contributed by atoms with Crippen LogP contribution in [0, 0.1) is 0 Å². The Balaban J connectivity index is 1.90. The van der Waals surface area contributed by atoms with E-state index in [1.807, 2.05) is 20.8 Å². The van der Waals surface area contributed by atoms with E-state index >= 15 is 0 Å². The van der Waals surface area contributed by atoms with Crippen LogP contribution in [0.5, 0.6) is 0 Å². The average Bonchev–Trinajstić information content (AvgIpc) is 3.04. The highest BCUT2D eigenvalue weighted by Crippen LogP contribution is 2.18. The largest absolute Gasteiger partial charge is 0.393 e. The van der Waals surface area contributed by atoms with Crippen molar-refractivity contribution in [1.29, 1.82) is 0 Å². The summed E-state index contributed by atoms with van der Waals surface area (Å²) in [6, 6.07) is 0.336. The Morgan fingerprint density at radius 1 is 1.38 bits per heavy atom. The fourth-order valence-electron chi connectivity index (χ4n) is 2.70. The summed E-state index contributed by atoms with van der Waals surface area (Å²) in [6.07, 6.45) is 3.21. The molecular formula is C16H29N5O3. The smallest absolute Gasteiger partial charge is 0.248 e. The van der Waals surface area contributed by atoms with Gasteiger partial charge in [-0.2, -0.15) is 4.98 Å². The van der Waals surface area contributed by atoms with Gasteiger partial charge in [-0.05, 0) is 46.5 Å². The second-order valence-corrected chi connectivity index (χ2v) is 5.99. The van der Waals surface area contributed by atoms with Crippen molar-refractivity contribution in [2.75, 3.05) is 13.2 Å². The summed E-state index contributed by atoms with van der Waals surface area (Å²) in [6.45, 7) is 7.54. The molecule has 2 rings (SSSR count). The number of ether oxygens (including phenoxy) is 1. The van der Waals surface area contributed by atoms with Crippen LogP contribution >= 0.6 is 0 Å². The quantitative estimate of drug-likeness (QED) is 0.511. The Morgan fingerprint density at radius 2 is 2.12 bits per heavy atom. The highest BCUT2D eigenvalue weighted by Gasteiger charge is 2.20. The van der Waals surface area contributed by atoms with Crippen LogP contribution in [0.3, 0.4) is 0 Å². The van der Waals surface area contributed by atoms with Crippen LogP contribution in [0.2, 0.25) is 0 Å². The van der Waals surface area contributed by atoms with Crippen LogP contribution in [0.15, 0.2) is 9.52 Å². The number of nitrogens with one attached hydrogen (secondary N) is 2. The van der Waals surface area contributed by atoms with E-state index in [1.165, 1.54) is 0 Å². The van der Waals surface area contributed by atoms with Gasteiger partial charge in [0.15, 0.2) is 11.8 Å². The second-order valence-electron chi connectivity index (χ2n) is 5.99. The third-order valence-corrected chi connectivity index (χ3v) is 4.02. The lowest BCUT2D eigenvalue weighted by Gasteiger charge is -2.27. The van der Waals surface area contributed by atoms with Gasteiger partial charge in [-0.3, -0.25) is 0 Å². The predicted molar refractivity (Wildman–Crippen MR) is 90.6 cm³/mol. The van der Waals surface area contributed by atoms with E-state index in [0.717, 1.165) is 38.2 Å². The van der Waals surface area contributed by atoms with Crippen molar-refractivity contribution in [1.82, 2.24) is 20.8 Å². The van der Waals surface area contributed by atoms with Gasteiger partial charge in [-0.1, -0.05) is 5.16 Å². The monoisotopic (exact) mass is 339 g/mol. The molecule has 8 heteroatoms. The van der Waals surface area contributed by atoms with Crippen molar-refractivity contribution in [3.05, 3.63) is 11.7 Å². The second kappa shape index (κ2) is 9.58. The summed E-state index contributed by atoms with van der Waals surface area (Å²) in [5.74, 6) is 1.74. The van der Waals surface area contributed by atoms with Gasteiger partial charge in [0.05, 0.1) is 6.10 Å². The predicted octanol–water partition coefficient (Wildman–Crippen LogP) is 1.53. The van der Waals surface area contributed by atoms with E-state index in [4.69, 9.17) is 9.26 Å². The lowest BCUT2D eigenvalue weighted by molar-refractivity contribution is 0.0683. The number of aromatic nitrogens is 2. The minimum atomic E-state index is -0.184. The molecule has 1 aromatic rings. The van der Waals surface area contributed by atoms with Crippen molar-refractivity contribution in [2.45, 2.75) is 71.2 Å². The summed E-state index contributed by atoms with van der Waals surface area (Å²) in [5.41, 5.74) is 0. The lowest BCUT2D eigenvalue weighted by Crippen LogP contribution is -2.45. The van der Waals surface area contributed by atoms with Crippen LogP contribution in [0.4, 0.5) is 0 Å². The van der Waals surface area contributed by atoms with Crippen molar-refractivity contribution in [3.8, 4) is 0 Å².